The number of hydrogen-bond donors (Lipinski definition) is 2. The normalized spacial score (nSPS) is 19.4. The van der Waals surface area contributed by atoms with E-state index in [0.717, 1.165) is 23.4 Å². The van der Waals surface area contributed by atoms with Crippen LogP contribution in [0.25, 0.3) is 0 Å². The Balaban J connectivity index is 0.000000850. The highest BCUT2D eigenvalue weighted by Crippen LogP contribution is 2.39. The molecule has 2 aromatic carbocycles. The zero-order valence-corrected chi connectivity index (χ0v) is 20.4. The lowest BCUT2D eigenvalue weighted by Gasteiger charge is -2.31. The maximum Gasteiger partial charge on any atom is 0.391 e. The molecule has 4 rings (SSSR count). The number of carboxylic acid groups (broad SMARTS) is 1. The zero-order valence-electron chi connectivity index (χ0n) is 20.4. The first-order chi connectivity index (χ1) is 17.3. The number of ether oxygens (including phenoxy) is 2. The minimum atomic E-state index is -4.07. The van der Waals surface area contributed by atoms with Crippen LogP contribution in [0.3, 0.4) is 0 Å². The lowest BCUT2D eigenvalue weighted by Crippen LogP contribution is -2.32. The quantitative estimate of drug-likeness (QED) is 0.461. The first kappa shape index (κ1) is 29.2. The van der Waals surface area contributed by atoms with Gasteiger partial charge < -0.3 is 24.7 Å². The minimum absolute atomic E-state index is 0.0663. The highest BCUT2D eigenvalue weighted by atomic mass is 19.4. The van der Waals surface area contributed by atoms with E-state index in [4.69, 9.17) is 24.2 Å². The van der Waals surface area contributed by atoms with E-state index in [9.17, 15) is 13.2 Å². The molecule has 9 heteroatoms. The van der Waals surface area contributed by atoms with Gasteiger partial charge in [0.1, 0.15) is 12.5 Å². The van der Waals surface area contributed by atoms with Crippen LogP contribution in [0.4, 0.5) is 18.9 Å². The van der Waals surface area contributed by atoms with Gasteiger partial charge in [0, 0.05) is 35.7 Å². The molecule has 36 heavy (non-hydrogen) atoms. The number of nitrogens with one attached hydrogen (secondary N) is 1. The van der Waals surface area contributed by atoms with Gasteiger partial charge in [0.2, 0.25) is 0 Å². The third kappa shape index (κ3) is 8.86. The molecular weight excluding hydrogens is 475 g/mol. The topological polar surface area (TPSA) is 84.9 Å². The Morgan fingerprint density at radius 3 is 2.33 bits per heavy atom. The zero-order chi connectivity index (χ0) is 26.6. The molecule has 0 unspecified atom stereocenters. The maximum atomic E-state index is 12.9. The summed E-state index contributed by atoms with van der Waals surface area (Å²) < 4.78 is 50.3. The van der Waals surface area contributed by atoms with E-state index in [1.807, 2.05) is 18.9 Å². The van der Waals surface area contributed by atoms with E-state index >= 15 is 0 Å². The highest BCUT2D eigenvalue weighted by molar-refractivity contribution is 5.54. The Hall–Kier alpha value is -3.07. The summed E-state index contributed by atoms with van der Waals surface area (Å²) in [6, 6.07) is 14.5. The van der Waals surface area contributed by atoms with Crippen molar-refractivity contribution in [1.82, 2.24) is 0 Å². The highest BCUT2D eigenvalue weighted by Gasteiger charge is 2.41. The van der Waals surface area contributed by atoms with Crippen molar-refractivity contribution >= 4 is 18.9 Å². The Bertz CT molecular complexity index is 941. The van der Waals surface area contributed by atoms with Crippen LogP contribution in [0, 0.1) is 12.8 Å². The molecule has 198 valence electrons. The Kier molecular flexibility index (Phi) is 11.7. The van der Waals surface area contributed by atoms with E-state index in [-0.39, 0.29) is 25.4 Å². The van der Waals surface area contributed by atoms with Crippen molar-refractivity contribution < 1.29 is 37.3 Å². The molecule has 1 heterocycles. The number of carbonyl (C=O) groups excluding carboxylic acids is 1. The predicted octanol–water partition coefficient (Wildman–Crippen LogP) is 5.78. The smallest absolute Gasteiger partial charge is 0.391 e. The van der Waals surface area contributed by atoms with Crippen molar-refractivity contribution in [3.63, 3.8) is 0 Å². The summed E-state index contributed by atoms with van der Waals surface area (Å²) in [5, 5.41) is 10.3. The van der Waals surface area contributed by atoms with Gasteiger partial charge in [-0.25, -0.2) is 0 Å². The maximum absolute atomic E-state index is 12.9. The van der Waals surface area contributed by atoms with Crippen molar-refractivity contribution in [3.05, 3.63) is 59.2 Å². The van der Waals surface area contributed by atoms with E-state index in [0.29, 0.717) is 38.6 Å². The van der Waals surface area contributed by atoms with Crippen LogP contribution >= 0.6 is 0 Å². The predicted molar refractivity (Wildman–Crippen MR) is 132 cm³/mol. The number of rotatable bonds is 7. The molecule has 6 nitrogen and oxygen atoms in total. The van der Waals surface area contributed by atoms with E-state index in [2.05, 4.69) is 42.6 Å². The van der Waals surface area contributed by atoms with Crippen molar-refractivity contribution in [2.45, 2.75) is 57.2 Å². The van der Waals surface area contributed by atoms with Gasteiger partial charge in [-0.05, 0) is 44.2 Å². The first-order valence-electron chi connectivity index (χ1n) is 11.9. The van der Waals surface area contributed by atoms with Crippen molar-refractivity contribution in [2.24, 2.45) is 5.92 Å². The fourth-order valence-electron chi connectivity index (χ4n) is 4.45. The monoisotopic (exact) mass is 509 g/mol. The number of halogens is 3. The molecular formula is C27H34F3NO5. The van der Waals surface area contributed by atoms with E-state index < -0.39 is 12.1 Å². The molecule has 1 saturated heterocycles. The molecule has 0 spiro atoms. The Morgan fingerprint density at radius 1 is 1.11 bits per heavy atom. The number of aryl methyl sites for hydroxylation is 1. The molecule has 2 aliphatic rings. The number of alkyl halides is 3. The molecule has 0 aromatic heterocycles. The fourth-order valence-corrected chi connectivity index (χ4v) is 4.45. The lowest BCUT2D eigenvalue weighted by molar-refractivity contribution is -0.182. The second-order valence-corrected chi connectivity index (χ2v) is 8.91. The number of benzene rings is 2. The van der Waals surface area contributed by atoms with Gasteiger partial charge in [0.25, 0.3) is 6.47 Å². The molecule has 0 amide bonds. The molecule has 2 aromatic rings. The summed E-state index contributed by atoms with van der Waals surface area (Å²) in [6.45, 7) is 5.80. The second-order valence-electron chi connectivity index (χ2n) is 8.91. The number of carbonyl (C=O) groups is 2. The third-order valence-corrected chi connectivity index (χ3v) is 6.38. The molecule has 1 aliphatic heterocycles. The Morgan fingerprint density at radius 2 is 1.78 bits per heavy atom. The van der Waals surface area contributed by atoms with Crippen LogP contribution in [0.15, 0.2) is 42.5 Å². The summed E-state index contributed by atoms with van der Waals surface area (Å²) in [5.74, 6) is 0.0206. The average molecular weight is 510 g/mol. The van der Waals surface area contributed by atoms with E-state index in [1.54, 1.807) is 0 Å². The van der Waals surface area contributed by atoms with Crippen LogP contribution in [-0.2, 0) is 20.7 Å². The summed E-state index contributed by atoms with van der Waals surface area (Å²) >= 11 is 0. The molecule has 1 aliphatic carbocycles. The Labute approximate surface area is 209 Å². The largest absolute Gasteiger partial charge is 0.493 e. The van der Waals surface area contributed by atoms with Crippen LogP contribution in [0.5, 0.6) is 5.75 Å². The van der Waals surface area contributed by atoms with Gasteiger partial charge in [0.05, 0.1) is 25.7 Å². The standard InChI is InChI=1S/C25H30F3NO2.CH2O2.CH2O/c1-17-3-2-4-18(13-17)11-12-31-24-14-22(9-10-23(24)19-15-30-16-19)29-21-7-5-20(6-8-21)25(26,27)28;2-1-3;1-2/h2-4,9-10,13-14,19-21,29H,5-8,11-12,15-16H2,1H3;1H,(H,2,3);1H2. The number of hydrogen-bond acceptors (Lipinski definition) is 5. The van der Waals surface area contributed by atoms with E-state index in [1.165, 1.54) is 11.1 Å². The van der Waals surface area contributed by atoms with Crippen molar-refractivity contribution in [3.8, 4) is 5.75 Å². The summed E-state index contributed by atoms with van der Waals surface area (Å²) in [4.78, 5) is 16.4. The molecule has 0 bridgehead atoms. The lowest BCUT2D eigenvalue weighted by atomic mass is 9.85. The summed E-state index contributed by atoms with van der Waals surface area (Å²) in [7, 11) is 0. The summed E-state index contributed by atoms with van der Waals surface area (Å²) in [5.41, 5.74) is 4.52. The second kappa shape index (κ2) is 14.5. The van der Waals surface area contributed by atoms with Gasteiger partial charge in [-0.3, -0.25) is 4.79 Å². The molecule has 0 atom stereocenters. The molecule has 2 N–H and O–H groups in total. The first-order valence-corrected chi connectivity index (χ1v) is 11.9. The van der Waals surface area contributed by atoms with Gasteiger partial charge >= 0.3 is 6.18 Å². The average Bonchev–Trinajstić information content (AvgIpc) is 2.81. The molecule has 2 fully saturated rings. The van der Waals surface area contributed by atoms with Crippen molar-refractivity contribution in [2.75, 3.05) is 25.1 Å². The van der Waals surface area contributed by atoms with Gasteiger partial charge in [-0.1, -0.05) is 35.9 Å². The third-order valence-electron chi connectivity index (χ3n) is 6.38. The fraction of sp³-hybridized carbons (Fsp3) is 0.481. The summed E-state index contributed by atoms with van der Waals surface area (Å²) in [6.07, 6.45) is -1.80. The molecule has 1 saturated carbocycles. The van der Waals surface area contributed by atoms with Crippen LogP contribution in [0.1, 0.15) is 48.3 Å². The molecule has 0 radical (unpaired) electrons. The van der Waals surface area contributed by atoms with Crippen LogP contribution in [-0.4, -0.2) is 50.4 Å². The van der Waals surface area contributed by atoms with Gasteiger partial charge in [-0.15, -0.1) is 0 Å². The van der Waals surface area contributed by atoms with Crippen LogP contribution in [0.2, 0.25) is 0 Å². The van der Waals surface area contributed by atoms with Gasteiger partial charge in [-0.2, -0.15) is 13.2 Å². The minimum Gasteiger partial charge on any atom is -0.493 e. The van der Waals surface area contributed by atoms with Crippen LogP contribution < -0.4 is 10.1 Å². The van der Waals surface area contributed by atoms with Gasteiger partial charge in [0.15, 0.2) is 0 Å². The van der Waals surface area contributed by atoms with Crippen molar-refractivity contribution in [1.29, 1.82) is 0 Å². The SMILES string of the molecule is C=O.Cc1cccc(CCOc2cc(NC3CCC(C(F)(F)F)CC3)ccc2C2COC2)c1.O=CO. The number of anilines is 1.